The summed E-state index contributed by atoms with van der Waals surface area (Å²) < 4.78 is 20.4. The van der Waals surface area contributed by atoms with Crippen LogP contribution in [0.15, 0.2) is 16.6 Å². The number of hydrogen-bond acceptors (Lipinski definition) is 2. The highest BCUT2D eigenvalue weighted by Crippen LogP contribution is 2.39. The van der Waals surface area contributed by atoms with Crippen LogP contribution >= 0.6 is 15.9 Å². The molecule has 1 aliphatic carbocycles. The zero-order chi connectivity index (χ0) is 14.9. The maximum Gasteiger partial charge on any atom is 0.139 e. The fraction of sp³-hybridized carbons (Fsp3) is 0.647. The van der Waals surface area contributed by atoms with E-state index in [9.17, 15) is 4.39 Å². The van der Waals surface area contributed by atoms with Crippen LogP contribution in [0.1, 0.15) is 50.5 Å². The molecule has 2 fully saturated rings. The van der Waals surface area contributed by atoms with Crippen molar-refractivity contribution in [1.82, 2.24) is 0 Å². The standard InChI is InChI=1S/C17H23BrFNO/c1-12-9-14(18)15(19)10-16(12)20-13-5-8-21-17(11-13)6-3-2-4-7-17/h9-10,13,20H,2-8,11H2,1H3. The fourth-order valence-corrected chi connectivity index (χ4v) is 4.18. The van der Waals surface area contributed by atoms with Crippen molar-refractivity contribution in [1.29, 1.82) is 0 Å². The molecule has 1 saturated heterocycles. The smallest absolute Gasteiger partial charge is 0.139 e. The molecule has 1 aromatic carbocycles. The van der Waals surface area contributed by atoms with Crippen LogP contribution < -0.4 is 5.32 Å². The van der Waals surface area contributed by atoms with Gasteiger partial charge in [0.2, 0.25) is 0 Å². The average molecular weight is 356 g/mol. The van der Waals surface area contributed by atoms with Crippen molar-refractivity contribution >= 4 is 21.6 Å². The molecular weight excluding hydrogens is 333 g/mol. The summed E-state index contributed by atoms with van der Waals surface area (Å²) in [5.41, 5.74) is 2.07. The molecule has 0 bridgehead atoms. The monoisotopic (exact) mass is 355 g/mol. The van der Waals surface area contributed by atoms with Crippen molar-refractivity contribution in [2.75, 3.05) is 11.9 Å². The Labute approximate surface area is 134 Å². The molecule has 1 saturated carbocycles. The molecule has 21 heavy (non-hydrogen) atoms. The number of halogens is 2. The predicted octanol–water partition coefficient (Wildman–Crippen LogP) is 5.19. The minimum atomic E-state index is -0.206. The molecule has 1 atom stereocenters. The van der Waals surface area contributed by atoms with Crippen molar-refractivity contribution in [2.24, 2.45) is 0 Å². The van der Waals surface area contributed by atoms with Crippen molar-refractivity contribution in [3.8, 4) is 0 Å². The van der Waals surface area contributed by atoms with Crippen LogP contribution in [0.3, 0.4) is 0 Å². The van der Waals surface area contributed by atoms with Crippen LogP contribution in [-0.4, -0.2) is 18.2 Å². The van der Waals surface area contributed by atoms with Crippen molar-refractivity contribution in [3.63, 3.8) is 0 Å². The van der Waals surface area contributed by atoms with E-state index in [1.807, 2.05) is 13.0 Å². The third kappa shape index (κ3) is 3.42. The molecule has 116 valence electrons. The van der Waals surface area contributed by atoms with Crippen LogP contribution in [0.5, 0.6) is 0 Å². The lowest BCUT2D eigenvalue weighted by atomic mass is 9.78. The fourth-order valence-electron chi connectivity index (χ4n) is 3.72. The topological polar surface area (TPSA) is 21.3 Å². The molecule has 1 aliphatic heterocycles. The Morgan fingerprint density at radius 2 is 2.05 bits per heavy atom. The third-order valence-electron chi connectivity index (χ3n) is 4.88. The van der Waals surface area contributed by atoms with Gasteiger partial charge < -0.3 is 10.1 Å². The Kier molecular flexibility index (Phi) is 4.55. The Bertz CT molecular complexity index is 508. The summed E-state index contributed by atoms with van der Waals surface area (Å²) in [5.74, 6) is -0.206. The van der Waals surface area contributed by atoms with Gasteiger partial charge in [0.25, 0.3) is 0 Å². The number of anilines is 1. The van der Waals surface area contributed by atoms with Gasteiger partial charge in [-0.1, -0.05) is 19.3 Å². The second kappa shape index (κ2) is 6.25. The molecular formula is C17H23BrFNO. The SMILES string of the molecule is Cc1cc(Br)c(F)cc1NC1CCOC2(CCCCC2)C1. The summed E-state index contributed by atoms with van der Waals surface area (Å²) in [6, 6.07) is 3.83. The summed E-state index contributed by atoms with van der Waals surface area (Å²) >= 11 is 3.24. The first kappa shape index (κ1) is 15.3. The zero-order valence-electron chi connectivity index (χ0n) is 12.6. The molecule has 2 nitrogen and oxygen atoms in total. The molecule has 0 aromatic heterocycles. The van der Waals surface area contributed by atoms with Crippen molar-refractivity contribution < 1.29 is 9.13 Å². The van der Waals surface area contributed by atoms with Crippen LogP contribution in [-0.2, 0) is 4.74 Å². The number of rotatable bonds is 2. The molecule has 1 unspecified atom stereocenters. The first-order chi connectivity index (χ1) is 10.1. The van der Waals surface area contributed by atoms with Crippen LogP contribution in [0.25, 0.3) is 0 Å². The minimum Gasteiger partial charge on any atom is -0.382 e. The van der Waals surface area contributed by atoms with Gasteiger partial charge in [0.05, 0.1) is 10.1 Å². The highest BCUT2D eigenvalue weighted by Gasteiger charge is 2.38. The van der Waals surface area contributed by atoms with Gasteiger partial charge in [-0.2, -0.15) is 0 Å². The molecule has 0 amide bonds. The lowest BCUT2D eigenvalue weighted by molar-refractivity contribution is -0.103. The maximum absolute atomic E-state index is 13.7. The summed E-state index contributed by atoms with van der Waals surface area (Å²) in [4.78, 5) is 0. The van der Waals surface area contributed by atoms with E-state index in [4.69, 9.17) is 4.74 Å². The molecule has 1 N–H and O–H groups in total. The normalized spacial score (nSPS) is 25.0. The number of benzene rings is 1. The zero-order valence-corrected chi connectivity index (χ0v) is 14.1. The molecule has 3 rings (SSSR count). The van der Waals surface area contributed by atoms with Gasteiger partial charge in [0.15, 0.2) is 0 Å². The van der Waals surface area contributed by atoms with Gasteiger partial charge in [0, 0.05) is 18.3 Å². The van der Waals surface area contributed by atoms with Gasteiger partial charge >= 0.3 is 0 Å². The van der Waals surface area contributed by atoms with Gasteiger partial charge in [-0.15, -0.1) is 0 Å². The molecule has 0 radical (unpaired) electrons. The van der Waals surface area contributed by atoms with Crippen LogP contribution in [0, 0.1) is 12.7 Å². The molecule has 2 aliphatic rings. The summed E-state index contributed by atoms with van der Waals surface area (Å²) in [5, 5.41) is 3.55. The van der Waals surface area contributed by atoms with Gasteiger partial charge in [-0.05, 0) is 66.2 Å². The van der Waals surface area contributed by atoms with E-state index in [2.05, 4.69) is 21.2 Å². The predicted molar refractivity (Wildman–Crippen MR) is 87.2 cm³/mol. The van der Waals surface area contributed by atoms with Crippen molar-refractivity contribution in [2.45, 2.75) is 63.5 Å². The van der Waals surface area contributed by atoms with Gasteiger partial charge in [-0.3, -0.25) is 0 Å². The van der Waals surface area contributed by atoms with Crippen molar-refractivity contribution in [3.05, 3.63) is 28.0 Å². The second-order valence-electron chi connectivity index (χ2n) is 6.51. The highest BCUT2D eigenvalue weighted by molar-refractivity contribution is 9.10. The van der Waals surface area contributed by atoms with Crippen LogP contribution in [0.4, 0.5) is 10.1 Å². The molecule has 4 heteroatoms. The summed E-state index contributed by atoms with van der Waals surface area (Å²) in [6.45, 7) is 2.83. The Hall–Kier alpha value is -0.610. The van der Waals surface area contributed by atoms with E-state index in [1.165, 1.54) is 32.1 Å². The van der Waals surface area contributed by atoms with E-state index >= 15 is 0 Å². The van der Waals surface area contributed by atoms with Crippen LogP contribution in [0.2, 0.25) is 0 Å². The van der Waals surface area contributed by atoms with E-state index in [-0.39, 0.29) is 11.4 Å². The van der Waals surface area contributed by atoms with Gasteiger partial charge in [-0.25, -0.2) is 4.39 Å². The lowest BCUT2D eigenvalue weighted by Crippen LogP contribution is -2.45. The Balaban J connectivity index is 1.71. The van der Waals surface area contributed by atoms with E-state index in [0.717, 1.165) is 30.7 Å². The number of hydrogen-bond donors (Lipinski definition) is 1. The average Bonchev–Trinajstić information content (AvgIpc) is 2.46. The quantitative estimate of drug-likeness (QED) is 0.787. The van der Waals surface area contributed by atoms with E-state index in [0.29, 0.717) is 10.5 Å². The highest BCUT2D eigenvalue weighted by atomic mass is 79.9. The Morgan fingerprint density at radius 1 is 1.29 bits per heavy atom. The maximum atomic E-state index is 13.7. The summed E-state index contributed by atoms with van der Waals surface area (Å²) in [6.07, 6.45) is 8.29. The number of aryl methyl sites for hydroxylation is 1. The Morgan fingerprint density at radius 3 is 2.81 bits per heavy atom. The first-order valence-corrected chi connectivity index (χ1v) is 8.73. The summed E-state index contributed by atoms with van der Waals surface area (Å²) in [7, 11) is 0. The van der Waals surface area contributed by atoms with E-state index < -0.39 is 0 Å². The lowest BCUT2D eigenvalue weighted by Gasteiger charge is -2.44. The van der Waals surface area contributed by atoms with E-state index in [1.54, 1.807) is 6.07 Å². The number of nitrogens with one attached hydrogen (secondary N) is 1. The molecule has 1 heterocycles. The molecule has 1 aromatic rings. The first-order valence-electron chi connectivity index (χ1n) is 7.94. The van der Waals surface area contributed by atoms with Gasteiger partial charge in [0.1, 0.15) is 5.82 Å². The number of ether oxygens (including phenoxy) is 1. The molecule has 1 spiro atoms. The minimum absolute atomic E-state index is 0.0793. The largest absolute Gasteiger partial charge is 0.382 e. The second-order valence-corrected chi connectivity index (χ2v) is 7.36. The third-order valence-corrected chi connectivity index (χ3v) is 5.49.